The van der Waals surface area contributed by atoms with Crippen molar-refractivity contribution in [3.63, 3.8) is 0 Å². The standard InChI is InChI=1S/C9H7Br2ClN2/c10-7-4-6(12)5-8(11)9(7)14-3-1-2-13/h4-5,14H,1,3H2. The van der Waals surface area contributed by atoms with E-state index in [0.29, 0.717) is 18.0 Å². The van der Waals surface area contributed by atoms with E-state index in [-0.39, 0.29) is 0 Å². The molecule has 14 heavy (non-hydrogen) atoms. The van der Waals surface area contributed by atoms with Crippen molar-refractivity contribution < 1.29 is 0 Å². The molecule has 0 aromatic heterocycles. The summed E-state index contributed by atoms with van der Waals surface area (Å²) in [5.74, 6) is 0. The number of hydrogen-bond donors (Lipinski definition) is 1. The summed E-state index contributed by atoms with van der Waals surface area (Å²) in [4.78, 5) is 0. The highest BCUT2D eigenvalue weighted by molar-refractivity contribution is 9.11. The van der Waals surface area contributed by atoms with E-state index >= 15 is 0 Å². The summed E-state index contributed by atoms with van der Waals surface area (Å²) in [5.41, 5.74) is 0.921. The van der Waals surface area contributed by atoms with Crippen LogP contribution in [0.1, 0.15) is 6.42 Å². The topological polar surface area (TPSA) is 35.8 Å². The van der Waals surface area contributed by atoms with Gasteiger partial charge in [-0.3, -0.25) is 0 Å². The highest BCUT2D eigenvalue weighted by Gasteiger charge is 2.05. The monoisotopic (exact) mass is 336 g/mol. The average molecular weight is 338 g/mol. The van der Waals surface area contributed by atoms with Crippen LogP contribution in [0.5, 0.6) is 0 Å². The molecule has 0 saturated heterocycles. The first kappa shape index (κ1) is 11.8. The van der Waals surface area contributed by atoms with Crippen molar-refractivity contribution in [1.82, 2.24) is 0 Å². The Bertz CT molecular complexity index is 351. The molecule has 0 bridgehead atoms. The van der Waals surface area contributed by atoms with Gasteiger partial charge in [0, 0.05) is 20.5 Å². The number of nitrogens with zero attached hydrogens (tertiary/aromatic N) is 1. The van der Waals surface area contributed by atoms with Crippen LogP contribution in [0.2, 0.25) is 5.02 Å². The molecule has 1 rings (SSSR count). The molecule has 0 aliphatic heterocycles. The van der Waals surface area contributed by atoms with Crippen molar-refractivity contribution in [2.75, 3.05) is 11.9 Å². The summed E-state index contributed by atoms with van der Waals surface area (Å²) in [5, 5.41) is 12.2. The minimum absolute atomic E-state index is 0.474. The fourth-order valence-corrected chi connectivity index (χ4v) is 2.90. The predicted octanol–water partition coefficient (Wildman–Crippen LogP) is 4.19. The maximum atomic E-state index is 8.39. The first-order chi connectivity index (χ1) is 6.65. The maximum Gasteiger partial charge on any atom is 0.0640 e. The first-order valence-corrected chi connectivity index (χ1v) is 5.87. The van der Waals surface area contributed by atoms with Crippen LogP contribution in [0.15, 0.2) is 21.1 Å². The molecule has 1 N–H and O–H groups in total. The number of nitriles is 1. The van der Waals surface area contributed by atoms with Gasteiger partial charge in [-0.1, -0.05) is 11.6 Å². The molecule has 0 unspecified atom stereocenters. The SMILES string of the molecule is N#CCCNc1c(Br)cc(Cl)cc1Br. The van der Waals surface area contributed by atoms with Crippen molar-refractivity contribution in [3.8, 4) is 6.07 Å². The molecule has 0 fully saturated rings. The Balaban J connectivity index is 2.81. The Morgan fingerprint density at radius 3 is 2.43 bits per heavy atom. The highest BCUT2D eigenvalue weighted by atomic mass is 79.9. The van der Waals surface area contributed by atoms with Gasteiger partial charge in [-0.2, -0.15) is 5.26 Å². The number of hydrogen-bond acceptors (Lipinski definition) is 2. The van der Waals surface area contributed by atoms with E-state index in [2.05, 4.69) is 43.2 Å². The molecule has 1 aromatic rings. The summed E-state index contributed by atoms with van der Waals surface area (Å²) in [6.07, 6.45) is 0.474. The minimum atomic E-state index is 0.474. The Morgan fingerprint density at radius 2 is 1.93 bits per heavy atom. The zero-order valence-corrected chi connectivity index (χ0v) is 11.1. The van der Waals surface area contributed by atoms with Crippen LogP contribution >= 0.6 is 43.5 Å². The van der Waals surface area contributed by atoms with Gasteiger partial charge in [0.15, 0.2) is 0 Å². The summed E-state index contributed by atoms with van der Waals surface area (Å²) >= 11 is 12.6. The van der Waals surface area contributed by atoms with Crippen LogP contribution in [0, 0.1) is 11.3 Å². The van der Waals surface area contributed by atoms with Crippen molar-refractivity contribution >= 4 is 49.1 Å². The maximum absolute atomic E-state index is 8.39. The molecule has 0 aliphatic carbocycles. The second kappa shape index (κ2) is 5.59. The Labute approximate surface area is 105 Å². The molecular formula is C9H7Br2ClN2. The average Bonchev–Trinajstić information content (AvgIpc) is 2.09. The Kier molecular flexibility index (Phi) is 4.73. The molecule has 0 amide bonds. The molecule has 0 spiro atoms. The fraction of sp³-hybridized carbons (Fsp3) is 0.222. The lowest BCUT2D eigenvalue weighted by atomic mass is 10.3. The molecule has 2 nitrogen and oxygen atoms in total. The van der Waals surface area contributed by atoms with Crippen LogP contribution in [0.3, 0.4) is 0 Å². The lowest BCUT2D eigenvalue weighted by molar-refractivity contribution is 1.07. The van der Waals surface area contributed by atoms with E-state index < -0.39 is 0 Å². The van der Waals surface area contributed by atoms with Gasteiger partial charge in [0.05, 0.1) is 18.2 Å². The summed E-state index contributed by atoms with van der Waals surface area (Å²) in [6.45, 7) is 0.620. The third-order valence-electron chi connectivity index (χ3n) is 1.55. The molecule has 0 atom stereocenters. The van der Waals surface area contributed by atoms with Crippen LogP contribution in [0.4, 0.5) is 5.69 Å². The second-order valence-electron chi connectivity index (χ2n) is 2.58. The van der Waals surface area contributed by atoms with Crippen LogP contribution in [-0.2, 0) is 0 Å². The van der Waals surface area contributed by atoms with Crippen molar-refractivity contribution in [2.45, 2.75) is 6.42 Å². The minimum Gasteiger partial charge on any atom is -0.382 e. The molecule has 0 heterocycles. The van der Waals surface area contributed by atoms with Crippen LogP contribution < -0.4 is 5.32 Å². The number of nitrogens with one attached hydrogen (secondary N) is 1. The lowest BCUT2D eigenvalue weighted by Crippen LogP contribution is -2.01. The third kappa shape index (κ3) is 3.16. The van der Waals surface area contributed by atoms with Gasteiger partial charge >= 0.3 is 0 Å². The third-order valence-corrected chi connectivity index (χ3v) is 3.01. The van der Waals surface area contributed by atoms with Gasteiger partial charge in [-0.25, -0.2) is 0 Å². The number of rotatable bonds is 3. The Morgan fingerprint density at radius 1 is 1.36 bits per heavy atom. The molecule has 74 valence electrons. The van der Waals surface area contributed by atoms with Crippen LogP contribution in [0.25, 0.3) is 0 Å². The summed E-state index contributed by atoms with van der Waals surface area (Å²) < 4.78 is 1.77. The molecule has 0 saturated carbocycles. The van der Waals surface area contributed by atoms with E-state index in [1.165, 1.54) is 0 Å². The van der Waals surface area contributed by atoms with E-state index in [9.17, 15) is 0 Å². The van der Waals surface area contributed by atoms with Gasteiger partial charge < -0.3 is 5.32 Å². The number of benzene rings is 1. The van der Waals surface area contributed by atoms with Gasteiger partial charge in [0.1, 0.15) is 0 Å². The molecule has 1 aromatic carbocycles. The molecule has 0 radical (unpaired) electrons. The van der Waals surface area contributed by atoms with Crippen molar-refractivity contribution in [3.05, 3.63) is 26.1 Å². The van der Waals surface area contributed by atoms with E-state index in [1.54, 1.807) is 12.1 Å². The Hall–Kier alpha value is -0.240. The normalized spacial score (nSPS) is 9.57. The summed E-state index contributed by atoms with van der Waals surface area (Å²) in [7, 11) is 0. The largest absolute Gasteiger partial charge is 0.382 e. The molecule has 5 heteroatoms. The second-order valence-corrected chi connectivity index (χ2v) is 4.72. The van der Waals surface area contributed by atoms with Gasteiger partial charge in [0.2, 0.25) is 0 Å². The summed E-state index contributed by atoms with van der Waals surface area (Å²) in [6, 6.07) is 5.68. The molecular weight excluding hydrogens is 331 g/mol. The van der Waals surface area contributed by atoms with E-state index in [0.717, 1.165) is 14.6 Å². The predicted molar refractivity (Wildman–Crippen MR) is 65.6 cm³/mol. The first-order valence-electron chi connectivity index (χ1n) is 3.90. The lowest BCUT2D eigenvalue weighted by Gasteiger charge is -2.09. The van der Waals surface area contributed by atoms with Gasteiger partial charge in [0.25, 0.3) is 0 Å². The number of anilines is 1. The van der Waals surface area contributed by atoms with E-state index in [4.69, 9.17) is 16.9 Å². The van der Waals surface area contributed by atoms with Crippen molar-refractivity contribution in [2.24, 2.45) is 0 Å². The van der Waals surface area contributed by atoms with Gasteiger partial charge in [-0.05, 0) is 44.0 Å². The van der Waals surface area contributed by atoms with Gasteiger partial charge in [-0.15, -0.1) is 0 Å². The van der Waals surface area contributed by atoms with Crippen LogP contribution in [-0.4, -0.2) is 6.54 Å². The highest BCUT2D eigenvalue weighted by Crippen LogP contribution is 2.33. The van der Waals surface area contributed by atoms with Crippen molar-refractivity contribution in [1.29, 1.82) is 5.26 Å². The van der Waals surface area contributed by atoms with E-state index in [1.807, 2.05) is 0 Å². The smallest absolute Gasteiger partial charge is 0.0640 e. The fourth-order valence-electron chi connectivity index (χ4n) is 0.954. The zero-order chi connectivity index (χ0) is 10.6. The number of halogens is 3. The zero-order valence-electron chi connectivity index (χ0n) is 7.15. The molecule has 0 aliphatic rings. The quantitative estimate of drug-likeness (QED) is 0.839.